The summed E-state index contributed by atoms with van der Waals surface area (Å²) < 4.78 is 18.2. The third-order valence-electron chi connectivity index (χ3n) is 2.60. The van der Waals surface area contributed by atoms with Crippen LogP contribution in [0.3, 0.4) is 0 Å². The van der Waals surface area contributed by atoms with Crippen LogP contribution >= 0.6 is 11.6 Å². The molecule has 0 aliphatic heterocycles. The zero-order valence-electron chi connectivity index (χ0n) is 10.2. The second kappa shape index (κ2) is 6.10. The van der Waals surface area contributed by atoms with Crippen LogP contribution in [-0.2, 0) is 6.54 Å². The van der Waals surface area contributed by atoms with Crippen LogP contribution in [0.5, 0.6) is 0 Å². The van der Waals surface area contributed by atoms with E-state index in [2.05, 4.69) is 15.5 Å². The van der Waals surface area contributed by atoms with Crippen LogP contribution in [0, 0.1) is 12.7 Å². The predicted octanol–water partition coefficient (Wildman–Crippen LogP) is 1.99. The Morgan fingerprint density at radius 1 is 1.53 bits per heavy atom. The number of aryl methyl sites for hydroxylation is 1. The van der Waals surface area contributed by atoms with E-state index in [0.29, 0.717) is 23.8 Å². The molecule has 0 radical (unpaired) electrons. The van der Waals surface area contributed by atoms with Gasteiger partial charge in [0.25, 0.3) is 0 Å². The van der Waals surface area contributed by atoms with Crippen LogP contribution in [0.15, 0.2) is 22.7 Å². The van der Waals surface area contributed by atoms with Gasteiger partial charge in [0.1, 0.15) is 5.82 Å². The molecule has 2 rings (SSSR count). The van der Waals surface area contributed by atoms with Gasteiger partial charge < -0.3 is 14.9 Å². The molecule has 1 heterocycles. The number of aliphatic hydroxyl groups is 1. The largest absolute Gasteiger partial charge is 0.394 e. The second-order valence-corrected chi connectivity index (χ2v) is 4.43. The van der Waals surface area contributed by atoms with Crippen molar-refractivity contribution in [3.8, 4) is 0 Å². The van der Waals surface area contributed by atoms with E-state index in [1.807, 2.05) is 0 Å². The quantitative estimate of drug-likeness (QED) is 0.879. The van der Waals surface area contributed by atoms with Gasteiger partial charge >= 0.3 is 0 Å². The van der Waals surface area contributed by atoms with Crippen molar-refractivity contribution < 1.29 is 14.0 Å². The molecule has 0 aliphatic carbocycles. The predicted molar refractivity (Wildman–Crippen MR) is 67.1 cm³/mol. The van der Waals surface area contributed by atoms with E-state index < -0.39 is 11.9 Å². The van der Waals surface area contributed by atoms with Gasteiger partial charge in [-0.3, -0.25) is 0 Å². The molecule has 0 spiro atoms. The van der Waals surface area contributed by atoms with E-state index in [-0.39, 0.29) is 11.6 Å². The summed E-state index contributed by atoms with van der Waals surface area (Å²) in [5.74, 6) is 0.426. The van der Waals surface area contributed by atoms with Crippen LogP contribution < -0.4 is 5.32 Å². The van der Waals surface area contributed by atoms with Crippen molar-refractivity contribution in [3.05, 3.63) is 46.3 Å². The van der Waals surface area contributed by atoms with E-state index in [1.165, 1.54) is 12.1 Å². The first-order valence-electron chi connectivity index (χ1n) is 5.68. The highest BCUT2D eigenvalue weighted by Gasteiger charge is 2.13. The minimum Gasteiger partial charge on any atom is -0.394 e. The average molecular weight is 286 g/mol. The molecule has 5 nitrogen and oxygen atoms in total. The zero-order chi connectivity index (χ0) is 13.8. The molecular formula is C12H13ClFN3O2. The van der Waals surface area contributed by atoms with Gasteiger partial charge in [0.2, 0.25) is 5.89 Å². The highest BCUT2D eigenvalue weighted by atomic mass is 35.5. The SMILES string of the molecule is Cc1nc(CN[C@H](CO)c2ccc(Cl)c(F)c2)no1. The smallest absolute Gasteiger partial charge is 0.223 e. The highest BCUT2D eigenvalue weighted by Crippen LogP contribution is 2.20. The van der Waals surface area contributed by atoms with E-state index in [1.54, 1.807) is 13.0 Å². The lowest BCUT2D eigenvalue weighted by atomic mass is 10.1. The molecule has 102 valence electrons. The van der Waals surface area contributed by atoms with Crippen molar-refractivity contribution in [2.45, 2.75) is 19.5 Å². The van der Waals surface area contributed by atoms with Crippen molar-refractivity contribution in [1.29, 1.82) is 0 Å². The van der Waals surface area contributed by atoms with Crippen LogP contribution in [0.25, 0.3) is 0 Å². The van der Waals surface area contributed by atoms with Gasteiger partial charge in [-0.1, -0.05) is 22.8 Å². The number of nitrogens with zero attached hydrogens (tertiary/aromatic N) is 2. The molecule has 7 heteroatoms. The Morgan fingerprint density at radius 3 is 2.89 bits per heavy atom. The lowest BCUT2D eigenvalue weighted by molar-refractivity contribution is 0.242. The van der Waals surface area contributed by atoms with E-state index in [4.69, 9.17) is 16.1 Å². The van der Waals surface area contributed by atoms with Crippen LogP contribution in [0.4, 0.5) is 4.39 Å². The third-order valence-corrected chi connectivity index (χ3v) is 2.91. The summed E-state index contributed by atoms with van der Waals surface area (Å²) in [4.78, 5) is 4.03. The lowest BCUT2D eigenvalue weighted by Gasteiger charge is -2.15. The van der Waals surface area contributed by atoms with Gasteiger partial charge in [-0.15, -0.1) is 0 Å². The van der Waals surface area contributed by atoms with Crippen LogP contribution in [0.2, 0.25) is 5.02 Å². The zero-order valence-corrected chi connectivity index (χ0v) is 11.0. The molecule has 0 unspecified atom stereocenters. The molecule has 0 aliphatic rings. The average Bonchev–Trinajstić information content (AvgIpc) is 2.80. The lowest BCUT2D eigenvalue weighted by Crippen LogP contribution is -2.24. The van der Waals surface area contributed by atoms with Crippen molar-refractivity contribution in [2.24, 2.45) is 0 Å². The molecule has 0 amide bonds. The van der Waals surface area contributed by atoms with Crippen LogP contribution in [-0.4, -0.2) is 21.9 Å². The minimum absolute atomic E-state index is 0.0502. The Labute approximate surface area is 114 Å². The number of hydrogen-bond acceptors (Lipinski definition) is 5. The van der Waals surface area contributed by atoms with E-state index >= 15 is 0 Å². The number of hydrogen-bond donors (Lipinski definition) is 2. The van der Waals surface area contributed by atoms with Crippen molar-refractivity contribution in [1.82, 2.24) is 15.5 Å². The van der Waals surface area contributed by atoms with Gasteiger partial charge in [-0.05, 0) is 17.7 Å². The van der Waals surface area contributed by atoms with Gasteiger partial charge in [-0.2, -0.15) is 4.98 Å². The molecule has 0 saturated carbocycles. The third kappa shape index (κ3) is 3.50. The highest BCUT2D eigenvalue weighted by molar-refractivity contribution is 6.30. The first-order chi connectivity index (χ1) is 9.10. The van der Waals surface area contributed by atoms with Crippen molar-refractivity contribution in [3.63, 3.8) is 0 Å². The Balaban J connectivity index is 2.05. The van der Waals surface area contributed by atoms with Gasteiger partial charge in [-0.25, -0.2) is 4.39 Å². The summed E-state index contributed by atoms with van der Waals surface area (Å²) in [6, 6.07) is 3.97. The second-order valence-electron chi connectivity index (χ2n) is 4.02. The van der Waals surface area contributed by atoms with Crippen molar-refractivity contribution >= 4 is 11.6 Å². The van der Waals surface area contributed by atoms with Gasteiger partial charge in [0.05, 0.1) is 24.2 Å². The number of halogens is 2. The first kappa shape index (κ1) is 13.9. The molecule has 1 aromatic heterocycles. The molecule has 19 heavy (non-hydrogen) atoms. The summed E-state index contributed by atoms with van der Waals surface area (Å²) in [5, 5.41) is 16.1. The maximum atomic E-state index is 13.4. The van der Waals surface area contributed by atoms with E-state index in [9.17, 15) is 9.50 Å². The number of benzene rings is 1. The topological polar surface area (TPSA) is 71.2 Å². The fraction of sp³-hybridized carbons (Fsp3) is 0.333. The summed E-state index contributed by atoms with van der Waals surface area (Å²) in [6.45, 7) is 1.82. The number of aromatic nitrogens is 2. The molecule has 1 atom stereocenters. The molecule has 0 fully saturated rings. The monoisotopic (exact) mass is 285 g/mol. The van der Waals surface area contributed by atoms with E-state index in [0.717, 1.165) is 0 Å². The Kier molecular flexibility index (Phi) is 4.47. The Hall–Kier alpha value is -1.50. The summed E-state index contributed by atoms with van der Waals surface area (Å²) >= 11 is 5.61. The Morgan fingerprint density at radius 2 is 2.32 bits per heavy atom. The molecular weight excluding hydrogens is 273 g/mol. The fourth-order valence-corrected chi connectivity index (χ4v) is 1.76. The molecule has 2 N–H and O–H groups in total. The number of rotatable bonds is 5. The first-order valence-corrected chi connectivity index (χ1v) is 6.06. The van der Waals surface area contributed by atoms with Gasteiger partial charge in [0.15, 0.2) is 5.82 Å². The minimum atomic E-state index is -0.519. The molecule has 0 bridgehead atoms. The molecule has 1 aromatic carbocycles. The number of nitrogens with one attached hydrogen (secondary N) is 1. The van der Waals surface area contributed by atoms with Crippen LogP contribution in [0.1, 0.15) is 23.3 Å². The maximum absolute atomic E-state index is 13.4. The summed E-state index contributed by atoms with van der Waals surface area (Å²) in [6.07, 6.45) is 0. The van der Waals surface area contributed by atoms with Gasteiger partial charge in [0, 0.05) is 6.92 Å². The molecule has 0 saturated heterocycles. The van der Waals surface area contributed by atoms with Crippen molar-refractivity contribution in [2.75, 3.05) is 6.61 Å². The maximum Gasteiger partial charge on any atom is 0.223 e. The summed E-state index contributed by atoms with van der Waals surface area (Å²) in [7, 11) is 0. The summed E-state index contributed by atoms with van der Waals surface area (Å²) in [5.41, 5.74) is 0.601. The number of aliphatic hydroxyl groups excluding tert-OH is 1. The standard InChI is InChI=1S/C12H13ClFN3O2/c1-7-16-12(17-19-7)5-15-11(6-18)8-2-3-9(13)10(14)4-8/h2-4,11,15,18H,5-6H2,1H3/t11-/m1/s1. The molecule has 2 aromatic rings. The fourth-order valence-electron chi connectivity index (χ4n) is 1.64. The normalized spacial score (nSPS) is 12.6. The Bertz CT molecular complexity index is 562.